The van der Waals surface area contributed by atoms with Crippen molar-refractivity contribution < 1.29 is 19.1 Å². The Morgan fingerprint density at radius 1 is 0.914 bits per heavy atom. The summed E-state index contributed by atoms with van der Waals surface area (Å²) < 4.78 is 12.3. The molecule has 4 aliphatic rings. The molecule has 6 rings (SSSR count). The van der Waals surface area contributed by atoms with Crippen LogP contribution >= 0.6 is 0 Å². The van der Waals surface area contributed by atoms with Crippen molar-refractivity contribution in [2.45, 2.75) is 66.9 Å². The molecule has 2 atom stereocenters. The second kappa shape index (κ2) is 8.96. The van der Waals surface area contributed by atoms with Crippen LogP contribution in [-0.2, 0) is 20.9 Å². The highest BCUT2D eigenvalue weighted by molar-refractivity contribution is 6.26. The lowest BCUT2D eigenvalue weighted by atomic mass is 9.59. The zero-order chi connectivity index (χ0) is 24.9. The molecule has 0 spiro atoms. The van der Waals surface area contributed by atoms with E-state index >= 15 is 0 Å². The van der Waals surface area contributed by atoms with Crippen LogP contribution in [0.25, 0.3) is 5.57 Å². The summed E-state index contributed by atoms with van der Waals surface area (Å²) in [5, 5.41) is 0. The van der Waals surface area contributed by atoms with Crippen molar-refractivity contribution in [3.05, 3.63) is 70.5 Å². The van der Waals surface area contributed by atoms with Crippen LogP contribution in [0.5, 0.6) is 5.75 Å². The van der Waals surface area contributed by atoms with Gasteiger partial charge in [-0.3, -0.25) is 9.59 Å². The highest BCUT2D eigenvalue weighted by atomic mass is 16.5. The Hall–Kier alpha value is -2.88. The van der Waals surface area contributed by atoms with E-state index in [1.165, 1.54) is 0 Å². The molecule has 0 aromatic heterocycles. The van der Waals surface area contributed by atoms with Crippen LogP contribution in [0.3, 0.4) is 0 Å². The monoisotopic (exact) mass is 472 g/mol. The molecule has 4 nitrogen and oxygen atoms in total. The number of hydrogen-bond donors (Lipinski definition) is 0. The fraction of sp³-hybridized carbons (Fsp3) is 0.484. The molecule has 0 N–H and O–H groups in total. The summed E-state index contributed by atoms with van der Waals surface area (Å²) in [6.45, 7) is 10.1. The lowest BCUT2D eigenvalue weighted by Gasteiger charge is -2.45. The number of ether oxygens (including phenoxy) is 2. The van der Waals surface area contributed by atoms with E-state index in [-0.39, 0.29) is 23.6 Å². The summed E-state index contributed by atoms with van der Waals surface area (Å²) in [6.07, 6.45) is 4.45. The van der Waals surface area contributed by atoms with Crippen molar-refractivity contribution >= 4 is 17.3 Å². The lowest BCUT2D eigenvalue weighted by Crippen LogP contribution is -2.42. The van der Waals surface area contributed by atoms with Crippen LogP contribution in [-0.4, -0.2) is 11.8 Å². The van der Waals surface area contributed by atoms with Gasteiger partial charge < -0.3 is 9.47 Å². The van der Waals surface area contributed by atoms with E-state index in [0.717, 1.165) is 53.7 Å². The van der Waals surface area contributed by atoms with E-state index in [2.05, 4.69) is 0 Å². The zero-order valence-corrected chi connectivity index (χ0v) is 21.5. The van der Waals surface area contributed by atoms with Crippen molar-refractivity contribution in [2.75, 3.05) is 0 Å². The molecule has 184 valence electrons. The number of ketones is 1. The molecule has 2 aromatic carbocycles. The molecule has 2 unspecified atom stereocenters. The number of rotatable bonds is 5. The Bertz CT molecular complexity index is 1150. The highest BCUT2D eigenvalue weighted by Gasteiger charge is 2.56. The minimum Gasteiger partial charge on any atom is -0.489 e. The topological polar surface area (TPSA) is 52.6 Å². The summed E-state index contributed by atoms with van der Waals surface area (Å²) in [5.74, 6) is 2.12. The molecule has 0 amide bonds. The van der Waals surface area contributed by atoms with E-state index in [4.69, 9.17) is 9.47 Å². The molecule has 3 fully saturated rings. The van der Waals surface area contributed by atoms with Gasteiger partial charge in [0, 0.05) is 11.8 Å². The molecule has 0 radical (unpaired) electrons. The van der Waals surface area contributed by atoms with Crippen molar-refractivity contribution in [3.63, 3.8) is 0 Å². The van der Waals surface area contributed by atoms with Gasteiger partial charge >= 0.3 is 5.97 Å². The molecule has 2 aromatic rings. The van der Waals surface area contributed by atoms with Crippen LogP contribution in [0.15, 0.2) is 48.2 Å². The van der Waals surface area contributed by atoms with Gasteiger partial charge in [0.15, 0.2) is 5.78 Å². The fourth-order valence-corrected chi connectivity index (χ4v) is 6.42. The number of esters is 1. The summed E-state index contributed by atoms with van der Waals surface area (Å²) in [7, 11) is 0. The Balaban J connectivity index is 1.54. The maximum atomic E-state index is 14.0. The van der Waals surface area contributed by atoms with Crippen LogP contribution in [0.4, 0.5) is 0 Å². The first-order valence-corrected chi connectivity index (χ1v) is 12.9. The van der Waals surface area contributed by atoms with Gasteiger partial charge in [-0.1, -0.05) is 30.3 Å². The predicted octanol–water partition coefficient (Wildman–Crippen LogP) is 6.82. The summed E-state index contributed by atoms with van der Waals surface area (Å²) >= 11 is 0. The standard InChI is InChI=1S/C31H36O4/c1-18-15-23(34-17-20-9-7-6-8-10-20)16-19(2)24(18)27-28(32)25-21-11-13-22(14-12-21)26(25)29(27)35-30(33)31(3,4)5/h6-10,15-16,21-22,25-26H,11-14,17H2,1-5H3. The fourth-order valence-electron chi connectivity index (χ4n) is 6.42. The molecule has 35 heavy (non-hydrogen) atoms. The Labute approximate surface area is 208 Å². The average Bonchev–Trinajstić information content (AvgIpc) is 3.12. The van der Waals surface area contributed by atoms with E-state index in [9.17, 15) is 9.59 Å². The first-order chi connectivity index (χ1) is 16.6. The molecule has 0 saturated heterocycles. The van der Waals surface area contributed by atoms with Crippen LogP contribution in [0.1, 0.15) is 68.7 Å². The van der Waals surface area contributed by atoms with Gasteiger partial charge in [0.05, 0.1) is 11.0 Å². The first kappa shape index (κ1) is 23.8. The highest BCUT2D eigenvalue weighted by Crippen LogP contribution is 2.58. The van der Waals surface area contributed by atoms with Gasteiger partial charge in [0.25, 0.3) is 0 Å². The SMILES string of the molecule is Cc1cc(OCc2ccccc2)cc(C)c1C1=C(OC(=O)C(C)(C)C)C2C3CCC(CC3)C2C1=O. The largest absolute Gasteiger partial charge is 0.489 e. The van der Waals surface area contributed by atoms with Crippen molar-refractivity contribution in [3.8, 4) is 5.75 Å². The molecule has 0 heterocycles. The number of carbonyl (C=O) groups is 2. The molecule has 3 saturated carbocycles. The Morgan fingerprint density at radius 2 is 1.49 bits per heavy atom. The second-order valence-electron chi connectivity index (χ2n) is 11.7. The molecule has 4 heteroatoms. The van der Waals surface area contributed by atoms with E-state index in [0.29, 0.717) is 29.8 Å². The van der Waals surface area contributed by atoms with Gasteiger partial charge in [-0.25, -0.2) is 0 Å². The summed E-state index contributed by atoms with van der Waals surface area (Å²) in [6, 6.07) is 14.1. The quantitative estimate of drug-likeness (QED) is 0.448. The molecule has 4 aliphatic carbocycles. The number of hydrogen-bond acceptors (Lipinski definition) is 4. The van der Waals surface area contributed by atoms with Crippen molar-refractivity contribution in [1.29, 1.82) is 0 Å². The number of Topliss-reactive ketones (excluding diaryl/α,β-unsaturated/α-hetero) is 1. The van der Waals surface area contributed by atoms with Gasteiger partial charge in [0.2, 0.25) is 0 Å². The van der Waals surface area contributed by atoms with Gasteiger partial charge in [-0.05, 0) is 107 Å². The normalized spacial score (nSPS) is 25.6. The summed E-state index contributed by atoms with van der Waals surface area (Å²) in [4.78, 5) is 27.0. The van der Waals surface area contributed by atoms with Crippen molar-refractivity contribution in [1.82, 2.24) is 0 Å². The molecule has 2 bridgehead atoms. The van der Waals surface area contributed by atoms with Crippen LogP contribution < -0.4 is 4.74 Å². The third kappa shape index (κ3) is 4.32. The van der Waals surface area contributed by atoms with Gasteiger partial charge in [-0.15, -0.1) is 0 Å². The summed E-state index contributed by atoms with van der Waals surface area (Å²) in [5.41, 5.74) is 3.98. The third-order valence-corrected chi connectivity index (χ3v) is 8.14. The predicted molar refractivity (Wildman–Crippen MR) is 137 cm³/mol. The maximum absolute atomic E-state index is 14.0. The minimum atomic E-state index is -0.633. The molecular formula is C31H36O4. The van der Waals surface area contributed by atoms with Gasteiger partial charge in [0.1, 0.15) is 18.1 Å². The van der Waals surface area contributed by atoms with Crippen molar-refractivity contribution in [2.24, 2.45) is 29.1 Å². The lowest BCUT2D eigenvalue weighted by molar-refractivity contribution is -0.150. The Morgan fingerprint density at radius 3 is 2.06 bits per heavy atom. The number of carbonyl (C=O) groups excluding carboxylic acids is 2. The maximum Gasteiger partial charge on any atom is 0.316 e. The first-order valence-electron chi connectivity index (χ1n) is 12.9. The average molecular weight is 473 g/mol. The van der Waals surface area contributed by atoms with Gasteiger partial charge in [-0.2, -0.15) is 0 Å². The zero-order valence-electron chi connectivity index (χ0n) is 21.5. The second-order valence-corrected chi connectivity index (χ2v) is 11.7. The number of allylic oxidation sites excluding steroid dienone is 2. The smallest absolute Gasteiger partial charge is 0.316 e. The Kier molecular flexibility index (Phi) is 6.11. The third-order valence-electron chi connectivity index (χ3n) is 8.14. The number of benzene rings is 2. The van der Waals surface area contributed by atoms with Crippen LogP contribution in [0, 0.1) is 42.9 Å². The van der Waals surface area contributed by atoms with E-state index in [1.54, 1.807) is 0 Å². The van der Waals surface area contributed by atoms with E-state index < -0.39 is 5.41 Å². The molecular weight excluding hydrogens is 436 g/mol. The van der Waals surface area contributed by atoms with E-state index in [1.807, 2.05) is 77.1 Å². The van der Waals surface area contributed by atoms with Crippen LogP contribution in [0.2, 0.25) is 0 Å². The number of fused-ring (bicyclic) bond motifs is 2. The minimum absolute atomic E-state index is 0.0316. The molecule has 0 aliphatic heterocycles. The number of aryl methyl sites for hydroxylation is 2.